The molecular formula is C13H20N4O4. The van der Waals surface area contributed by atoms with E-state index in [2.05, 4.69) is 15.8 Å². The van der Waals surface area contributed by atoms with Gasteiger partial charge in [-0.05, 0) is 6.92 Å². The molecule has 2 amide bonds. The number of amides is 2. The number of hydrogen-bond acceptors (Lipinski definition) is 6. The smallest absolute Gasteiger partial charge is 0.276 e. The predicted octanol–water partition coefficient (Wildman–Crippen LogP) is -0.629. The lowest BCUT2D eigenvalue weighted by molar-refractivity contribution is -0.126. The van der Waals surface area contributed by atoms with Crippen LogP contribution in [0.25, 0.3) is 0 Å². The van der Waals surface area contributed by atoms with Gasteiger partial charge in [-0.15, -0.1) is 0 Å². The van der Waals surface area contributed by atoms with Gasteiger partial charge in [-0.3, -0.25) is 9.59 Å². The third-order valence-electron chi connectivity index (χ3n) is 3.22. The summed E-state index contributed by atoms with van der Waals surface area (Å²) in [6.07, 6.45) is 0. The van der Waals surface area contributed by atoms with E-state index in [0.717, 1.165) is 0 Å². The van der Waals surface area contributed by atoms with Crippen LogP contribution < -0.4 is 10.6 Å². The highest BCUT2D eigenvalue weighted by atomic mass is 16.5. The van der Waals surface area contributed by atoms with Crippen LogP contribution >= 0.6 is 0 Å². The number of ether oxygens (including phenoxy) is 1. The molecule has 8 heteroatoms. The number of hydrogen-bond donors (Lipinski definition) is 2. The second-order valence-corrected chi connectivity index (χ2v) is 4.72. The summed E-state index contributed by atoms with van der Waals surface area (Å²) in [5.41, 5.74) is 0.193. The van der Waals surface area contributed by atoms with Gasteiger partial charge in [-0.25, -0.2) is 0 Å². The summed E-state index contributed by atoms with van der Waals surface area (Å²) in [6.45, 7) is 4.15. The van der Waals surface area contributed by atoms with Crippen molar-refractivity contribution in [1.82, 2.24) is 20.7 Å². The zero-order valence-corrected chi connectivity index (χ0v) is 12.2. The molecule has 1 aromatic rings. The van der Waals surface area contributed by atoms with E-state index in [1.54, 1.807) is 6.07 Å². The van der Waals surface area contributed by atoms with Crippen LogP contribution in [0.4, 0.5) is 0 Å². The SMILES string of the molecule is CCNC(=O)C1CNCCN1C(=O)c1cc(COC)on1. The first-order valence-corrected chi connectivity index (χ1v) is 6.91. The molecule has 1 atom stereocenters. The molecule has 1 aromatic heterocycles. The Morgan fingerprint density at radius 1 is 1.62 bits per heavy atom. The van der Waals surface area contributed by atoms with Gasteiger partial charge in [-0.2, -0.15) is 0 Å². The second-order valence-electron chi connectivity index (χ2n) is 4.72. The maximum absolute atomic E-state index is 12.5. The first kappa shape index (κ1) is 15.5. The third kappa shape index (κ3) is 3.59. The van der Waals surface area contributed by atoms with Crippen molar-refractivity contribution in [3.63, 3.8) is 0 Å². The monoisotopic (exact) mass is 296 g/mol. The van der Waals surface area contributed by atoms with Crippen LogP contribution in [-0.2, 0) is 16.1 Å². The molecule has 21 heavy (non-hydrogen) atoms. The summed E-state index contributed by atoms with van der Waals surface area (Å²) in [5, 5.41) is 9.61. The first-order valence-electron chi connectivity index (χ1n) is 6.91. The molecule has 0 radical (unpaired) electrons. The lowest BCUT2D eigenvalue weighted by atomic mass is 10.1. The van der Waals surface area contributed by atoms with Gasteiger partial charge in [-0.1, -0.05) is 5.16 Å². The number of methoxy groups -OCH3 is 1. The summed E-state index contributed by atoms with van der Waals surface area (Å²) in [4.78, 5) is 26.1. The lowest BCUT2D eigenvalue weighted by Gasteiger charge is -2.34. The molecular weight excluding hydrogens is 276 g/mol. The van der Waals surface area contributed by atoms with Crippen LogP contribution in [0, 0.1) is 0 Å². The molecule has 0 spiro atoms. The average molecular weight is 296 g/mol. The Kier molecular flexibility index (Phi) is 5.29. The predicted molar refractivity (Wildman–Crippen MR) is 73.6 cm³/mol. The Morgan fingerprint density at radius 2 is 2.43 bits per heavy atom. The Bertz CT molecular complexity index is 502. The van der Waals surface area contributed by atoms with Crippen molar-refractivity contribution < 1.29 is 18.8 Å². The Hall–Kier alpha value is -1.93. The molecule has 2 heterocycles. The van der Waals surface area contributed by atoms with E-state index in [0.29, 0.717) is 31.9 Å². The fourth-order valence-electron chi connectivity index (χ4n) is 2.24. The van der Waals surface area contributed by atoms with E-state index < -0.39 is 6.04 Å². The van der Waals surface area contributed by atoms with E-state index in [1.165, 1.54) is 12.0 Å². The Morgan fingerprint density at radius 3 is 3.14 bits per heavy atom. The van der Waals surface area contributed by atoms with Gasteiger partial charge in [0.05, 0.1) is 0 Å². The second kappa shape index (κ2) is 7.19. The molecule has 0 bridgehead atoms. The van der Waals surface area contributed by atoms with Crippen molar-refractivity contribution in [2.24, 2.45) is 0 Å². The van der Waals surface area contributed by atoms with E-state index in [-0.39, 0.29) is 24.1 Å². The van der Waals surface area contributed by atoms with Crippen molar-refractivity contribution in [2.45, 2.75) is 19.6 Å². The van der Waals surface area contributed by atoms with Gasteiger partial charge in [0.15, 0.2) is 11.5 Å². The van der Waals surface area contributed by atoms with Crippen LogP contribution in [0.1, 0.15) is 23.2 Å². The van der Waals surface area contributed by atoms with Crippen molar-refractivity contribution in [1.29, 1.82) is 0 Å². The number of rotatable bonds is 5. The van der Waals surface area contributed by atoms with Crippen molar-refractivity contribution >= 4 is 11.8 Å². The van der Waals surface area contributed by atoms with Crippen LogP contribution in [0.15, 0.2) is 10.6 Å². The molecule has 1 aliphatic heterocycles. The van der Waals surface area contributed by atoms with Gasteiger partial charge in [0, 0.05) is 39.4 Å². The van der Waals surface area contributed by atoms with E-state index >= 15 is 0 Å². The molecule has 0 saturated carbocycles. The van der Waals surface area contributed by atoms with Gasteiger partial charge < -0.3 is 24.8 Å². The number of likely N-dealkylation sites (N-methyl/N-ethyl adjacent to an activating group) is 1. The molecule has 1 fully saturated rings. The quantitative estimate of drug-likeness (QED) is 0.751. The number of nitrogens with zero attached hydrogens (tertiary/aromatic N) is 2. The maximum Gasteiger partial charge on any atom is 0.276 e. The lowest BCUT2D eigenvalue weighted by Crippen LogP contribution is -2.59. The first-order chi connectivity index (χ1) is 10.2. The van der Waals surface area contributed by atoms with E-state index in [4.69, 9.17) is 9.26 Å². The van der Waals surface area contributed by atoms with Crippen molar-refractivity contribution in [3.8, 4) is 0 Å². The highest BCUT2D eigenvalue weighted by molar-refractivity contribution is 5.96. The number of carbonyl (C=O) groups is 2. The van der Waals surface area contributed by atoms with E-state index in [1.807, 2.05) is 6.92 Å². The summed E-state index contributed by atoms with van der Waals surface area (Å²) >= 11 is 0. The summed E-state index contributed by atoms with van der Waals surface area (Å²) in [5.74, 6) is 0.00283. The van der Waals surface area contributed by atoms with Gasteiger partial charge in [0.2, 0.25) is 5.91 Å². The molecule has 0 aliphatic carbocycles. The minimum absolute atomic E-state index is 0.168. The third-order valence-corrected chi connectivity index (χ3v) is 3.22. The molecule has 1 unspecified atom stereocenters. The van der Waals surface area contributed by atoms with Gasteiger partial charge in [0.25, 0.3) is 5.91 Å². The molecule has 8 nitrogen and oxygen atoms in total. The highest BCUT2D eigenvalue weighted by Crippen LogP contribution is 2.12. The summed E-state index contributed by atoms with van der Waals surface area (Å²) in [7, 11) is 1.53. The molecule has 0 aromatic carbocycles. The zero-order valence-electron chi connectivity index (χ0n) is 12.2. The Labute approximate surface area is 122 Å². The number of nitrogens with one attached hydrogen (secondary N) is 2. The number of carbonyl (C=O) groups excluding carboxylic acids is 2. The van der Waals surface area contributed by atoms with Crippen molar-refractivity contribution in [2.75, 3.05) is 33.3 Å². The van der Waals surface area contributed by atoms with Crippen LogP contribution in [0.2, 0.25) is 0 Å². The van der Waals surface area contributed by atoms with Gasteiger partial charge in [0.1, 0.15) is 12.6 Å². The summed E-state index contributed by atoms with van der Waals surface area (Å²) in [6, 6.07) is 1.01. The highest BCUT2D eigenvalue weighted by Gasteiger charge is 2.33. The maximum atomic E-state index is 12.5. The fraction of sp³-hybridized carbons (Fsp3) is 0.615. The number of piperazine rings is 1. The van der Waals surface area contributed by atoms with Crippen LogP contribution in [-0.4, -0.2) is 61.2 Å². The standard InChI is InChI=1S/C13H20N4O4/c1-3-15-12(18)11-7-14-4-5-17(11)13(19)10-6-9(8-20-2)21-16-10/h6,11,14H,3-5,7-8H2,1-2H3,(H,15,18). The molecule has 2 N–H and O–H groups in total. The molecule has 116 valence electrons. The largest absolute Gasteiger partial charge is 0.377 e. The zero-order chi connectivity index (χ0) is 15.2. The van der Waals surface area contributed by atoms with Crippen LogP contribution in [0.3, 0.4) is 0 Å². The van der Waals surface area contributed by atoms with Gasteiger partial charge >= 0.3 is 0 Å². The topological polar surface area (TPSA) is 96.7 Å². The Balaban J connectivity index is 2.12. The van der Waals surface area contributed by atoms with E-state index in [9.17, 15) is 9.59 Å². The summed E-state index contributed by atoms with van der Waals surface area (Å²) < 4.78 is 9.95. The minimum atomic E-state index is -0.534. The fourth-order valence-corrected chi connectivity index (χ4v) is 2.24. The molecule has 1 aliphatic rings. The molecule has 1 saturated heterocycles. The van der Waals surface area contributed by atoms with Crippen molar-refractivity contribution in [3.05, 3.63) is 17.5 Å². The normalized spacial score (nSPS) is 18.6. The van der Waals surface area contributed by atoms with Crippen LogP contribution in [0.5, 0.6) is 0 Å². The molecule has 2 rings (SSSR count). The average Bonchev–Trinajstić information content (AvgIpc) is 2.96. The number of aromatic nitrogens is 1. The minimum Gasteiger partial charge on any atom is -0.377 e.